The Bertz CT molecular complexity index is 1440. The van der Waals surface area contributed by atoms with Crippen LogP contribution in [0, 0.1) is 12.8 Å². The van der Waals surface area contributed by atoms with E-state index in [2.05, 4.69) is 21.7 Å². The fraction of sp³-hybridized carbons (Fsp3) is 0.407. The average Bonchev–Trinajstić information content (AvgIpc) is 3.55. The third kappa shape index (κ3) is 4.55. The quantitative estimate of drug-likeness (QED) is 0.312. The zero-order valence-corrected chi connectivity index (χ0v) is 22.5. The van der Waals surface area contributed by atoms with E-state index in [0.29, 0.717) is 29.6 Å². The molecule has 198 valence electrons. The number of thiazole rings is 1. The Morgan fingerprint density at radius 2 is 1.95 bits per heavy atom. The molecule has 3 aromatic heterocycles. The Kier molecular flexibility index (Phi) is 6.39. The number of benzene rings is 1. The summed E-state index contributed by atoms with van der Waals surface area (Å²) in [6.45, 7) is 5.79. The monoisotopic (exact) mass is 534 g/mol. The largest absolute Gasteiger partial charge is 0.493 e. The number of rotatable bonds is 7. The predicted octanol–water partition coefficient (Wildman–Crippen LogP) is 4.52. The van der Waals surface area contributed by atoms with Crippen molar-refractivity contribution in [3.05, 3.63) is 48.4 Å². The van der Waals surface area contributed by atoms with Gasteiger partial charge in [0.25, 0.3) is 0 Å². The van der Waals surface area contributed by atoms with E-state index in [1.165, 1.54) is 0 Å². The molecule has 6 rings (SSSR count). The van der Waals surface area contributed by atoms with Gasteiger partial charge in [-0.1, -0.05) is 12.1 Å². The number of methoxy groups -OCH3 is 1. The molecule has 2 fully saturated rings. The molecule has 0 unspecified atom stereocenters. The lowest BCUT2D eigenvalue weighted by Crippen LogP contribution is -2.35. The zero-order valence-electron chi connectivity index (χ0n) is 21.6. The van der Waals surface area contributed by atoms with Crippen LogP contribution in [0.25, 0.3) is 20.8 Å². The average molecular weight is 535 g/mol. The molecule has 4 atom stereocenters. The molecule has 1 saturated carbocycles. The van der Waals surface area contributed by atoms with Crippen molar-refractivity contribution in [2.75, 3.05) is 24.4 Å². The van der Waals surface area contributed by atoms with Gasteiger partial charge in [0.05, 0.1) is 52.6 Å². The predicted molar refractivity (Wildman–Crippen MR) is 146 cm³/mol. The molecule has 1 aliphatic carbocycles. The fourth-order valence-electron chi connectivity index (χ4n) is 5.32. The molecular weight excluding hydrogens is 504 g/mol. The Hall–Kier alpha value is -3.38. The number of aliphatic hydroxyl groups excluding tert-OH is 1. The van der Waals surface area contributed by atoms with E-state index in [0.717, 1.165) is 26.5 Å². The second kappa shape index (κ2) is 9.73. The van der Waals surface area contributed by atoms with Crippen LogP contribution in [-0.2, 0) is 9.47 Å². The van der Waals surface area contributed by atoms with Gasteiger partial charge in [0.15, 0.2) is 11.5 Å². The molecule has 0 spiro atoms. The number of aryl methyl sites for hydroxylation is 1. The van der Waals surface area contributed by atoms with Crippen LogP contribution in [0.3, 0.4) is 0 Å². The molecule has 4 heterocycles. The standard InChI is InChI=1S/C27H30N6O4S/c1-14-21(25-31-17-7-5-6-8-20(17)38-25)24(33-26(29-14)32-16-9-10-28-12-19(16)35-4)30-18-11-15(13-34)22-23(18)37-27(2,3)36-22/h5-10,12,15,18,22-23,34H,11,13H2,1-4H3,(H2,28,29,30,32,33)/t15-,18-,22-,23+/m1/s1. The summed E-state index contributed by atoms with van der Waals surface area (Å²) in [7, 11) is 1.59. The van der Waals surface area contributed by atoms with E-state index in [9.17, 15) is 5.11 Å². The van der Waals surface area contributed by atoms with Crippen LogP contribution in [0.5, 0.6) is 5.75 Å². The number of para-hydroxylation sites is 1. The number of nitrogens with zero attached hydrogens (tertiary/aromatic N) is 4. The highest BCUT2D eigenvalue weighted by molar-refractivity contribution is 7.21. The molecule has 0 bridgehead atoms. The smallest absolute Gasteiger partial charge is 0.229 e. The molecule has 11 heteroatoms. The van der Waals surface area contributed by atoms with Gasteiger partial charge in [0, 0.05) is 18.7 Å². The summed E-state index contributed by atoms with van der Waals surface area (Å²) in [5.41, 5.74) is 3.24. The fourth-order valence-corrected chi connectivity index (χ4v) is 6.38. The summed E-state index contributed by atoms with van der Waals surface area (Å²) in [6.07, 6.45) is 3.58. The lowest BCUT2D eigenvalue weighted by Gasteiger charge is -2.25. The number of pyridine rings is 1. The van der Waals surface area contributed by atoms with Crippen molar-refractivity contribution in [2.24, 2.45) is 5.92 Å². The number of fused-ring (bicyclic) bond motifs is 2. The summed E-state index contributed by atoms with van der Waals surface area (Å²) < 4.78 is 19.0. The molecule has 1 aliphatic heterocycles. The van der Waals surface area contributed by atoms with Gasteiger partial charge in [-0.15, -0.1) is 11.3 Å². The summed E-state index contributed by atoms with van der Waals surface area (Å²) in [5.74, 6) is 0.887. The van der Waals surface area contributed by atoms with Crippen molar-refractivity contribution in [2.45, 2.75) is 51.2 Å². The highest BCUT2D eigenvalue weighted by Gasteiger charge is 2.54. The maximum Gasteiger partial charge on any atom is 0.229 e. The van der Waals surface area contributed by atoms with Crippen LogP contribution in [-0.4, -0.2) is 62.8 Å². The number of ether oxygens (including phenoxy) is 3. The first-order chi connectivity index (χ1) is 18.3. The van der Waals surface area contributed by atoms with Gasteiger partial charge in [-0.25, -0.2) is 9.97 Å². The highest BCUT2D eigenvalue weighted by atomic mass is 32.1. The molecule has 38 heavy (non-hydrogen) atoms. The van der Waals surface area contributed by atoms with E-state index in [1.54, 1.807) is 30.8 Å². The van der Waals surface area contributed by atoms with E-state index in [-0.39, 0.29) is 30.8 Å². The van der Waals surface area contributed by atoms with Crippen molar-refractivity contribution in [1.29, 1.82) is 0 Å². The van der Waals surface area contributed by atoms with Gasteiger partial charge in [-0.05, 0) is 45.4 Å². The molecule has 3 N–H and O–H groups in total. The second-order valence-corrected chi connectivity index (χ2v) is 11.1. The van der Waals surface area contributed by atoms with E-state index >= 15 is 0 Å². The molecule has 10 nitrogen and oxygen atoms in total. The molecule has 0 radical (unpaired) electrons. The highest BCUT2D eigenvalue weighted by Crippen LogP contribution is 2.44. The number of aromatic nitrogens is 4. The van der Waals surface area contributed by atoms with E-state index in [4.69, 9.17) is 29.2 Å². The first-order valence-electron chi connectivity index (χ1n) is 12.6. The summed E-state index contributed by atoms with van der Waals surface area (Å²) in [5, 5.41) is 17.8. The Balaban J connectivity index is 1.42. The maximum atomic E-state index is 10.1. The molecular formula is C27H30N6O4S. The van der Waals surface area contributed by atoms with Crippen molar-refractivity contribution in [3.8, 4) is 16.3 Å². The first-order valence-corrected chi connectivity index (χ1v) is 13.4. The van der Waals surface area contributed by atoms with Crippen LogP contribution in [0.4, 0.5) is 17.5 Å². The third-order valence-corrected chi connectivity index (χ3v) is 8.04. The number of hydrogen-bond acceptors (Lipinski definition) is 11. The van der Waals surface area contributed by atoms with Crippen LogP contribution in [0.1, 0.15) is 26.0 Å². The Labute approximate surface area is 224 Å². The SMILES string of the molecule is COc1cnccc1Nc1nc(C)c(-c2nc3ccccc3s2)c(N[C@@H]2C[C@H](CO)[C@H]3OC(C)(C)O[C@H]32)n1. The molecule has 2 aliphatic rings. The summed E-state index contributed by atoms with van der Waals surface area (Å²) in [6, 6.07) is 9.74. The summed E-state index contributed by atoms with van der Waals surface area (Å²) in [4.78, 5) is 18.7. The first kappa shape index (κ1) is 24.9. The number of nitrogens with one attached hydrogen (secondary N) is 2. The normalized spacial score (nSPS) is 23.9. The number of hydrogen-bond donors (Lipinski definition) is 3. The van der Waals surface area contributed by atoms with Crippen molar-refractivity contribution >= 4 is 39.0 Å². The van der Waals surface area contributed by atoms with Gasteiger partial charge in [-0.2, -0.15) is 4.98 Å². The maximum absolute atomic E-state index is 10.1. The van der Waals surface area contributed by atoms with E-state index in [1.807, 2.05) is 45.0 Å². The second-order valence-electron chi connectivity index (χ2n) is 10.0. The number of aliphatic hydroxyl groups is 1. The molecule has 1 saturated heterocycles. The lowest BCUT2D eigenvalue weighted by atomic mass is 10.1. The zero-order chi connectivity index (χ0) is 26.4. The van der Waals surface area contributed by atoms with Crippen LogP contribution in [0.15, 0.2) is 42.7 Å². The van der Waals surface area contributed by atoms with Crippen LogP contribution >= 0.6 is 11.3 Å². The van der Waals surface area contributed by atoms with Crippen molar-refractivity contribution in [1.82, 2.24) is 19.9 Å². The lowest BCUT2D eigenvalue weighted by molar-refractivity contribution is -0.158. The Morgan fingerprint density at radius 3 is 2.74 bits per heavy atom. The molecule has 0 amide bonds. The van der Waals surface area contributed by atoms with Gasteiger partial charge >= 0.3 is 0 Å². The topological polar surface area (TPSA) is 124 Å². The van der Waals surface area contributed by atoms with Gasteiger partial charge in [0.2, 0.25) is 5.95 Å². The van der Waals surface area contributed by atoms with Crippen LogP contribution in [0.2, 0.25) is 0 Å². The third-order valence-electron chi connectivity index (χ3n) is 6.99. The molecule has 1 aromatic carbocycles. The van der Waals surface area contributed by atoms with Crippen LogP contribution < -0.4 is 15.4 Å². The van der Waals surface area contributed by atoms with Gasteiger partial charge in [-0.3, -0.25) is 4.98 Å². The van der Waals surface area contributed by atoms with E-state index < -0.39 is 5.79 Å². The Morgan fingerprint density at radius 1 is 1.13 bits per heavy atom. The minimum absolute atomic E-state index is 0.0287. The van der Waals surface area contributed by atoms with Crippen molar-refractivity contribution < 1.29 is 19.3 Å². The van der Waals surface area contributed by atoms with Gasteiger partial charge in [0.1, 0.15) is 16.9 Å². The van der Waals surface area contributed by atoms with Crippen molar-refractivity contribution in [3.63, 3.8) is 0 Å². The van der Waals surface area contributed by atoms with Gasteiger partial charge < -0.3 is 30.0 Å². The number of anilines is 3. The minimum Gasteiger partial charge on any atom is -0.493 e. The summed E-state index contributed by atoms with van der Waals surface area (Å²) >= 11 is 1.60. The molecule has 4 aromatic rings. The minimum atomic E-state index is -0.717.